The predicted octanol–water partition coefficient (Wildman–Crippen LogP) is 4.40. The van der Waals surface area contributed by atoms with E-state index in [4.69, 9.17) is 11.6 Å². The van der Waals surface area contributed by atoms with Crippen LogP contribution < -0.4 is 0 Å². The molecule has 0 aromatic heterocycles. The largest absolute Gasteiger partial charge is 0.0850 e. The number of hydrogen-bond acceptors (Lipinski definition) is 0. The molecule has 1 rings (SSSR count). The molecule has 1 heteroatoms. The molecule has 0 aliphatic heterocycles. The first-order chi connectivity index (χ1) is 6.68. The maximum Gasteiger partial charge on any atom is 0.0334 e. The average molecular weight is 205 g/mol. The van der Waals surface area contributed by atoms with Crippen LogP contribution in [0.4, 0.5) is 0 Å². The van der Waals surface area contributed by atoms with Gasteiger partial charge in [-0.15, -0.1) is 0 Å². The van der Waals surface area contributed by atoms with Crippen LogP contribution in [-0.2, 0) is 0 Å². The number of halogens is 1. The van der Waals surface area contributed by atoms with Gasteiger partial charge in [-0.1, -0.05) is 66.2 Å². The molecule has 1 aromatic rings. The molecule has 0 fully saturated rings. The minimum absolute atomic E-state index is 0.547. The van der Waals surface area contributed by atoms with Gasteiger partial charge in [-0.05, 0) is 18.6 Å². The summed E-state index contributed by atoms with van der Waals surface area (Å²) in [4.78, 5) is 0. The number of rotatable bonds is 3. The van der Waals surface area contributed by atoms with Gasteiger partial charge in [0.1, 0.15) is 0 Å². The zero-order valence-corrected chi connectivity index (χ0v) is 8.96. The average Bonchev–Trinajstić information content (AvgIpc) is 2.16. The highest BCUT2D eigenvalue weighted by Crippen LogP contribution is 2.08. The summed E-state index contributed by atoms with van der Waals surface area (Å²) in [7, 11) is 0. The lowest BCUT2D eigenvalue weighted by Gasteiger charge is -1.94. The Morgan fingerprint density at radius 3 is 2.43 bits per heavy atom. The van der Waals surface area contributed by atoms with Crippen molar-refractivity contribution < 1.29 is 0 Å². The van der Waals surface area contributed by atoms with Crippen LogP contribution in [0.25, 0.3) is 6.08 Å². The van der Waals surface area contributed by atoms with E-state index in [1.165, 1.54) is 5.56 Å². The highest BCUT2D eigenvalue weighted by Gasteiger charge is 1.86. The first kappa shape index (κ1) is 10.8. The van der Waals surface area contributed by atoms with Gasteiger partial charge in [0.25, 0.3) is 0 Å². The van der Waals surface area contributed by atoms with Crippen molar-refractivity contribution in [1.29, 1.82) is 0 Å². The molecule has 0 unspecified atom stereocenters. The minimum Gasteiger partial charge on any atom is -0.0850 e. The van der Waals surface area contributed by atoms with Crippen LogP contribution in [0, 0.1) is 0 Å². The third-order valence-corrected chi connectivity index (χ3v) is 1.85. The summed E-state index contributed by atoms with van der Waals surface area (Å²) in [6.07, 6.45) is 5.83. The fraction of sp³-hybridized carbons (Fsp3) is 0.0769. The second-order valence-electron chi connectivity index (χ2n) is 3.08. The van der Waals surface area contributed by atoms with Crippen molar-refractivity contribution in [2.24, 2.45) is 0 Å². The van der Waals surface area contributed by atoms with Crippen LogP contribution in [0.2, 0.25) is 0 Å². The Bertz CT molecular complexity index is 358. The molecule has 0 spiro atoms. The predicted molar refractivity (Wildman–Crippen MR) is 64.2 cm³/mol. The third kappa shape index (κ3) is 4.11. The van der Waals surface area contributed by atoms with Crippen molar-refractivity contribution in [2.45, 2.75) is 6.92 Å². The van der Waals surface area contributed by atoms with E-state index in [0.29, 0.717) is 5.03 Å². The molecule has 0 saturated carbocycles. The van der Waals surface area contributed by atoms with Gasteiger partial charge in [0, 0.05) is 5.03 Å². The number of hydrogen-bond donors (Lipinski definition) is 0. The van der Waals surface area contributed by atoms with Gasteiger partial charge in [0.2, 0.25) is 0 Å². The molecule has 1 aromatic carbocycles. The molecule has 0 heterocycles. The smallest absolute Gasteiger partial charge is 0.0334 e. The van der Waals surface area contributed by atoms with E-state index in [1.54, 1.807) is 6.08 Å². The molecule has 0 nitrogen and oxygen atoms in total. The van der Waals surface area contributed by atoms with Gasteiger partial charge in [-0.25, -0.2) is 0 Å². The Hall–Kier alpha value is -1.27. The summed E-state index contributed by atoms with van der Waals surface area (Å²) >= 11 is 5.62. The molecule has 0 saturated heterocycles. The van der Waals surface area contributed by atoms with Gasteiger partial charge in [-0.3, -0.25) is 0 Å². The van der Waals surface area contributed by atoms with Crippen LogP contribution in [0.5, 0.6) is 0 Å². The Morgan fingerprint density at radius 2 is 1.86 bits per heavy atom. The summed E-state index contributed by atoms with van der Waals surface area (Å²) in [5.41, 5.74) is 2.34. The van der Waals surface area contributed by atoms with E-state index in [9.17, 15) is 0 Å². The Labute approximate surface area is 90.2 Å². The third-order valence-electron chi connectivity index (χ3n) is 1.72. The van der Waals surface area contributed by atoms with Crippen LogP contribution in [0.15, 0.2) is 59.7 Å². The summed E-state index contributed by atoms with van der Waals surface area (Å²) in [5.74, 6) is 0. The summed E-state index contributed by atoms with van der Waals surface area (Å²) in [5, 5.41) is 0.547. The van der Waals surface area contributed by atoms with Crippen molar-refractivity contribution in [2.75, 3.05) is 0 Å². The monoisotopic (exact) mass is 204 g/mol. The van der Waals surface area contributed by atoms with Gasteiger partial charge in [0.15, 0.2) is 0 Å². The lowest BCUT2D eigenvalue weighted by Crippen LogP contribution is -1.72. The number of benzene rings is 1. The maximum atomic E-state index is 5.62. The molecule has 0 aliphatic carbocycles. The normalized spacial score (nSPS) is 12.0. The maximum absolute atomic E-state index is 5.62. The Balaban J connectivity index is 2.74. The molecular weight excluding hydrogens is 192 g/mol. The molecule has 0 radical (unpaired) electrons. The van der Waals surface area contributed by atoms with Gasteiger partial charge >= 0.3 is 0 Å². The van der Waals surface area contributed by atoms with Gasteiger partial charge < -0.3 is 0 Å². The molecule has 0 bridgehead atoms. The van der Waals surface area contributed by atoms with E-state index in [-0.39, 0.29) is 0 Å². The van der Waals surface area contributed by atoms with Crippen LogP contribution in [-0.4, -0.2) is 0 Å². The van der Waals surface area contributed by atoms with Crippen LogP contribution >= 0.6 is 11.6 Å². The highest BCUT2D eigenvalue weighted by molar-refractivity contribution is 6.30. The fourth-order valence-corrected chi connectivity index (χ4v) is 1.15. The molecular formula is C13H13Cl. The van der Waals surface area contributed by atoms with Crippen molar-refractivity contribution in [3.63, 3.8) is 0 Å². The van der Waals surface area contributed by atoms with E-state index >= 15 is 0 Å². The molecule has 0 aliphatic rings. The summed E-state index contributed by atoms with van der Waals surface area (Å²) in [6.45, 7) is 5.62. The highest BCUT2D eigenvalue weighted by atomic mass is 35.5. The van der Waals surface area contributed by atoms with E-state index < -0.39 is 0 Å². The van der Waals surface area contributed by atoms with Gasteiger partial charge in [-0.2, -0.15) is 0 Å². The summed E-state index contributed by atoms with van der Waals surface area (Å²) < 4.78 is 0. The van der Waals surface area contributed by atoms with Crippen molar-refractivity contribution in [3.05, 3.63) is 65.2 Å². The second-order valence-corrected chi connectivity index (χ2v) is 3.56. The Morgan fingerprint density at radius 1 is 1.21 bits per heavy atom. The van der Waals surface area contributed by atoms with Crippen molar-refractivity contribution in [3.8, 4) is 0 Å². The molecule has 0 atom stereocenters. The molecule has 0 N–H and O–H groups in total. The molecule has 14 heavy (non-hydrogen) atoms. The topological polar surface area (TPSA) is 0 Å². The standard InChI is InChI=1S/C13H13Cl/c1-11(8-9-12(2)14)10-13-6-4-3-5-7-13/h3-10H,2H2,1H3. The lowest BCUT2D eigenvalue weighted by atomic mass is 10.1. The minimum atomic E-state index is 0.547. The first-order valence-corrected chi connectivity index (χ1v) is 4.82. The first-order valence-electron chi connectivity index (χ1n) is 4.44. The van der Waals surface area contributed by atoms with Crippen molar-refractivity contribution >= 4 is 17.7 Å². The second kappa shape index (κ2) is 5.46. The van der Waals surface area contributed by atoms with Crippen LogP contribution in [0.1, 0.15) is 12.5 Å². The van der Waals surface area contributed by atoms with Gasteiger partial charge in [0.05, 0.1) is 0 Å². The zero-order chi connectivity index (χ0) is 10.4. The van der Waals surface area contributed by atoms with E-state index in [0.717, 1.165) is 5.57 Å². The quantitative estimate of drug-likeness (QED) is 0.641. The number of allylic oxidation sites excluding steroid dienone is 4. The molecule has 72 valence electrons. The summed E-state index contributed by atoms with van der Waals surface area (Å²) in [6, 6.07) is 10.2. The fourth-order valence-electron chi connectivity index (χ4n) is 1.08. The van der Waals surface area contributed by atoms with E-state index in [1.807, 2.05) is 31.2 Å². The van der Waals surface area contributed by atoms with Crippen LogP contribution in [0.3, 0.4) is 0 Å². The lowest BCUT2D eigenvalue weighted by molar-refractivity contribution is 1.54. The zero-order valence-electron chi connectivity index (χ0n) is 8.20. The van der Waals surface area contributed by atoms with Crippen molar-refractivity contribution in [1.82, 2.24) is 0 Å². The van der Waals surface area contributed by atoms with E-state index in [2.05, 4.69) is 24.8 Å². The Kier molecular flexibility index (Phi) is 4.21. The SMILES string of the molecule is C=C(Cl)C=CC(C)=Cc1ccccc1. The molecule has 0 amide bonds.